The van der Waals surface area contributed by atoms with Crippen LogP contribution in [0.25, 0.3) is 0 Å². The van der Waals surface area contributed by atoms with Gasteiger partial charge in [0.15, 0.2) is 0 Å². The van der Waals surface area contributed by atoms with Gasteiger partial charge in [-0.3, -0.25) is 4.79 Å². The third kappa shape index (κ3) is 5.88. The molecule has 2 aromatic rings. The number of ether oxygens (including phenoxy) is 1. The molecule has 0 unspecified atom stereocenters. The second kappa shape index (κ2) is 9.97. The predicted octanol–water partition coefficient (Wildman–Crippen LogP) is 2.28. The van der Waals surface area contributed by atoms with E-state index in [1.54, 1.807) is 18.9 Å². The molecule has 0 aliphatic rings. The second-order valence-electron chi connectivity index (χ2n) is 5.24. The van der Waals surface area contributed by atoms with Crippen LogP contribution < -0.4 is 10.1 Å². The molecule has 0 aliphatic carbocycles. The molecule has 0 saturated carbocycles. The number of amides is 1. The predicted molar refractivity (Wildman–Crippen MR) is 94.4 cm³/mol. The lowest BCUT2D eigenvalue weighted by molar-refractivity contribution is -0.121. The van der Waals surface area contributed by atoms with E-state index >= 15 is 0 Å². The van der Waals surface area contributed by atoms with Gasteiger partial charge >= 0.3 is 0 Å². The summed E-state index contributed by atoms with van der Waals surface area (Å²) in [5.41, 5.74) is 1.10. The number of carbonyl (C=O) groups excluding carboxylic acids is 1. The smallest absolute Gasteiger partial charge is 0.220 e. The Morgan fingerprint density at radius 1 is 1.21 bits per heavy atom. The molecule has 0 aliphatic heterocycles. The number of carbonyl (C=O) groups is 1. The van der Waals surface area contributed by atoms with E-state index < -0.39 is 0 Å². The van der Waals surface area contributed by atoms with Crippen molar-refractivity contribution in [2.45, 2.75) is 25.7 Å². The number of hydrogen-bond donors (Lipinski definition) is 1. The Hall–Kier alpha value is -2.02. The maximum Gasteiger partial charge on any atom is 0.220 e. The quantitative estimate of drug-likeness (QED) is 0.663. The molecule has 0 spiro atoms. The van der Waals surface area contributed by atoms with Crippen LogP contribution in [0.15, 0.2) is 28.7 Å². The van der Waals surface area contributed by atoms with Crippen LogP contribution in [-0.4, -0.2) is 41.8 Å². The van der Waals surface area contributed by atoms with Crippen molar-refractivity contribution in [1.82, 2.24) is 15.5 Å². The van der Waals surface area contributed by atoms with Gasteiger partial charge in [0, 0.05) is 31.6 Å². The fourth-order valence-electron chi connectivity index (χ4n) is 2.24. The number of thioether (sulfide) groups is 1. The van der Waals surface area contributed by atoms with Crippen molar-refractivity contribution in [3.8, 4) is 5.75 Å². The van der Waals surface area contributed by atoms with E-state index in [0.717, 1.165) is 23.5 Å². The number of nitrogens with zero attached hydrogens (tertiary/aromatic N) is 2. The lowest BCUT2D eigenvalue weighted by Crippen LogP contribution is -2.25. The van der Waals surface area contributed by atoms with Crippen molar-refractivity contribution in [2.75, 3.05) is 25.7 Å². The van der Waals surface area contributed by atoms with Crippen LogP contribution in [0.4, 0.5) is 0 Å². The summed E-state index contributed by atoms with van der Waals surface area (Å²) < 4.78 is 10.9. The first-order valence-corrected chi connectivity index (χ1v) is 9.31. The van der Waals surface area contributed by atoms with E-state index in [1.807, 2.05) is 30.5 Å². The standard InChI is InChI=1S/C17H23N3O3S/c1-22-14-6-4-3-5-13(14)7-9-16-19-20-17(23-16)10-8-15(21)18-11-12-24-2/h3-6H,7-12H2,1-2H3,(H,18,21). The van der Waals surface area contributed by atoms with Gasteiger partial charge in [0.05, 0.1) is 7.11 Å². The summed E-state index contributed by atoms with van der Waals surface area (Å²) in [6, 6.07) is 7.88. The molecule has 1 N–H and O–H groups in total. The molecule has 0 fully saturated rings. The summed E-state index contributed by atoms with van der Waals surface area (Å²) in [5, 5.41) is 10.9. The third-order valence-corrected chi connectivity index (χ3v) is 4.12. The molecule has 1 heterocycles. The monoisotopic (exact) mass is 349 g/mol. The zero-order valence-corrected chi connectivity index (χ0v) is 14.9. The van der Waals surface area contributed by atoms with E-state index in [-0.39, 0.29) is 5.91 Å². The fourth-order valence-corrected chi connectivity index (χ4v) is 2.55. The lowest BCUT2D eigenvalue weighted by atomic mass is 10.1. The van der Waals surface area contributed by atoms with Gasteiger partial charge in [0.1, 0.15) is 5.75 Å². The Morgan fingerprint density at radius 2 is 1.96 bits per heavy atom. The Morgan fingerprint density at radius 3 is 2.71 bits per heavy atom. The third-order valence-electron chi connectivity index (χ3n) is 3.50. The van der Waals surface area contributed by atoms with Crippen molar-refractivity contribution >= 4 is 17.7 Å². The van der Waals surface area contributed by atoms with Gasteiger partial charge in [-0.2, -0.15) is 11.8 Å². The Kier molecular flexibility index (Phi) is 7.61. The normalized spacial score (nSPS) is 10.6. The van der Waals surface area contributed by atoms with Gasteiger partial charge in [-0.05, 0) is 24.3 Å². The topological polar surface area (TPSA) is 77.2 Å². The van der Waals surface area contributed by atoms with E-state index in [1.165, 1.54) is 0 Å². The number of rotatable bonds is 10. The van der Waals surface area contributed by atoms with E-state index in [9.17, 15) is 4.79 Å². The molecule has 7 heteroatoms. The highest BCUT2D eigenvalue weighted by Crippen LogP contribution is 2.19. The molecule has 0 atom stereocenters. The summed E-state index contributed by atoms with van der Waals surface area (Å²) >= 11 is 1.70. The van der Waals surface area contributed by atoms with E-state index in [0.29, 0.717) is 37.6 Å². The number of hydrogen-bond acceptors (Lipinski definition) is 6. The number of para-hydroxylation sites is 1. The van der Waals surface area contributed by atoms with E-state index in [4.69, 9.17) is 9.15 Å². The van der Waals surface area contributed by atoms with Crippen molar-refractivity contribution in [3.63, 3.8) is 0 Å². The molecule has 1 aromatic carbocycles. The lowest BCUT2D eigenvalue weighted by Gasteiger charge is -2.06. The molecule has 6 nitrogen and oxygen atoms in total. The maximum atomic E-state index is 11.7. The van der Waals surface area contributed by atoms with E-state index in [2.05, 4.69) is 15.5 Å². The number of nitrogens with one attached hydrogen (secondary N) is 1. The van der Waals surface area contributed by atoms with Crippen molar-refractivity contribution < 1.29 is 13.9 Å². The summed E-state index contributed by atoms with van der Waals surface area (Å²) in [7, 11) is 1.66. The first-order valence-electron chi connectivity index (χ1n) is 7.91. The zero-order valence-electron chi connectivity index (χ0n) is 14.1. The molecule has 130 valence electrons. The molecular formula is C17H23N3O3S. The summed E-state index contributed by atoms with van der Waals surface area (Å²) in [6.07, 6.45) is 4.25. The molecule has 0 radical (unpaired) electrons. The zero-order chi connectivity index (χ0) is 17.2. The molecule has 1 amide bonds. The minimum absolute atomic E-state index is 0.0119. The number of methoxy groups -OCH3 is 1. The van der Waals surface area contributed by atoms with Crippen LogP contribution in [0.5, 0.6) is 5.75 Å². The fraction of sp³-hybridized carbons (Fsp3) is 0.471. The Bertz CT molecular complexity index is 646. The Labute approximate surface area is 146 Å². The van der Waals surface area contributed by atoms with Crippen LogP contribution in [0.3, 0.4) is 0 Å². The summed E-state index contributed by atoms with van der Waals surface area (Å²) in [5.74, 6) is 2.88. The van der Waals surface area contributed by atoms with Gasteiger partial charge in [-0.25, -0.2) is 0 Å². The number of aryl methyl sites for hydroxylation is 3. The maximum absolute atomic E-state index is 11.7. The van der Waals surface area contributed by atoms with Crippen molar-refractivity contribution in [2.24, 2.45) is 0 Å². The molecule has 1 aromatic heterocycles. The highest BCUT2D eigenvalue weighted by Gasteiger charge is 2.10. The van der Waals surface area contributed by atoms with Crippen LogP contribution in [-0.2, 0) is 24.1 Å². The SMILES string of the molecule is COc1ccccc1CCc1nnc(CCC(=O)NCCSC)o1. The van der Waals surface area contributed by atoms with Gasteiger partial charge in [-0.1, -0.05) is 18.2 Å². The molecule has 2 rings (SSSR count). The molecular weight excluding hydrogens is 326 g/mol. The first-order chi connectivity index (χ1) is 11.7. The first kappa shape index (κ1) is 18.3. The van der Waals surface area contributed by atoms with Crippen molar-refractivity contribution in [3.05, 3.63) is 41.6 Å². The van der Waals surface area contributed by atoms with Gasteiger partial charge in [-0.15, -0.1) is 10.2 Å². The average molecular weight is 349 g/mol. The van der Waals surface area contributed by atoms with Crippen LogP contribution in [0.1, 0.15) is 23.8 Å². The van der Waals surface area contributed by atoms with Gasteiger partial charge in [0.2, 0.25) is 17.7 Å². The minimum Gasteiger partial charge on any atom is -0.496 e. The van der Waals surface area contributed by atoms with Crippen molar-refractivity contribution in [1.29, 1.82) is 0 Å². The minimum atomic E-state index is 0.0119. The van der Waals surface area contributed by atoms with Crippen LogP contribution in [0, 0.1) is 0 Å². The average Bonchev–Trinajstić information content (AvgIpc) is 3.06. The summed E-state index contributed by atoms with van der Waals surface area (Å²) in [6.45, 7) is 0.688. The highest BCUT2D eigenvalue weighted by atomic mass is 32.2. The molecule has 0 saturated heterocycles. The highest BCUT2D eigenvalue weighted by molar-refractivity contribution is 7.98. The van der Waals surface area contributed by atoms with Crippen LogP contribution >= 0.6 is 11.8 Å². The molecule has 0 bridgehead atoms. The number of aromatic nitrogens is 2. The largest absolute Gasteiger partial charge is 0.496 e. The molecule has 24 heavy (non-hydrogen) atoms. The Balaban J connectivity index is 1.77. The summed E-state index contributed by atoms with van der Waals surface area (Å²) in [4.78, 5) is 11.7. The number of benzene rings is 1. The van der Waals surface area contributed by atoms with Gasteiger partial charge < -0.3 is 14.5 Å². The van der Waals surface area contributed by atoms with Crippen LogP contribution in [0.2, 0.25) is 0 Å². The van der Waals surface area contributed by atoms with Gasteiger partial charge in [0.25, 0.3) is 0 Å². The second-order valence-corrected chi connectivity index (χ2v) is 6.23.